The van der Waals surface area contributed by atoms with E-state index in [9.17, 15) is 4.79 Å². The minimum atomic E-state index is -0.301. The van der Waals surface area contributed by atoms with Crippen molar-refractivity contribution in [3.05, 3.63) is 39.6 Å². The fourth-order valence-corrected chi connectivity index (χ4v) is 2.28. The van der Waals surface area contributed by atoms with Gasteiger partial charge in [0, 0.05) is 18.0 Å². The SMILES string of the molecule is NCCc1nc(C(=O)Nc2cccnc2Cl)cs1. The van der Waals surface area contributed by atoms with Crippen molar-refractivity contribution in [2.45, 2.75) is 6.42 Å². The second-order valence-electron chi connectivity index (χ2n) is 3.46. The van der Waals surface area contributed by atoms with Gasteiger partial charge in [-0.15, -0.1) is 11.3 Å². The maximum Gasteiger partial charge on any atom is 0.275 e. The van der Waals surface area contributed by atoms with E-state index in [2.05, 4.69) is 15.3 Å². The molecule has 2 rings (SSSR count). The van der Waals surface area contributed by atoms with Crippen LogP contribution in [0, 0.1) is 0 Å². The van der Waals surface area contributed by atoms with Gasteiger partial charge in [-0.1, -0.05) is 11.6 Å². The number of carbonyl (C=O) groups is 1. The van der Waals surface area contributed by atoms with Gasteiger partial charge in [0.25, 0.3) is 5.91 Å². The molecule has 7 heteroatoms. The van der Waals surface area contributed by atoms with E-state index in [0.29, 0.717) is 24.3 Å². The van der Waals surface area contributed by atoms with E-state index < -0.39 is 0 Å². The Bertz CT molecular complexity index is 557. The second-order valence-corrected chi connectivity index (χ2v) is 4.76. The van der Waals surface area contributed by atoms with Crippen molar-refractivity contribution in [2.24, 2.45) is 5.73 Å². The predicted octanol–water partition coefficient (Wildman–Crippen LogP) is 1.94. The minimum absolute atomic E-state index is 0.253. The third-order valence-corrected chi connectivity index (χ3v) is 3.36. The molecule has 2 aromatic rings. The number of amides is 1. The van der Waals surface area contributed by atoms with Crippen molar-refractivity contribution in [2.75, 3.05) is 11.9 Å². The Balaban J connectivity index is 2.10. The summed E-state index contributed by atoms with van der Waals surface area (Å²) >= 11 is 7.27. The summed E-state index contributed by atoms with van der Waals surface area (Å²) < 4.78 is 0. The molecule has 0 saturated heterocycles. The number of anilines is 1. The van der Waals surface area contributed by atoms with Crippen molar-refractivity contribution in [3.63, 3.8) is 0 Å². The van der Waals surface area contributed by atoms with Crippen molar-refractivity contribution >= 4 is 34.5 Å². The number of thiazole rings is 1. The van der Waals surface area contributed by atoms with Gasteiger partial charge in [0.15, 0.2) is 5.15 Å². The van der Waals surface area contributed by atoms with Crippen LogP contribution >= 0.6 is 22.9 Å². The van der Waals surface area contributed by atoms with E-state index in [-0.39, 0.29) is 11.1 Å². The molecular weight excluding hydrogens is 272 g/mol. The highest BCUT2D eigenvalue weighted by Crippen LogP contribution is 2.19. The standard InChI is InChI=1S/C11H11ClN4OS/c12-10-7(2-1-5-14-10)16-11(17)8-6-18-9(15-8)3-4-13/h1-2,5-6H,3-4,13H2,(H,16,17). The molecule has 0 fully saturated rings. The fourth-order valence-electron chi connectivity index (χ4n) is 1.32. The van der Waals surface area contributed by atoms with E-state index in [4.69, 9.17) is 17.3 Å². The van der Waals surface area contributed by atoms with E-state index in [1.807, 2.05) is 0 Å². The zero-order valence-corrected chi connectivity index (χ0v) is 11.0. The maximum atomic E-state index is 11.9. The number of pyridine rings is 1. The Morgan fingerprint density at radius 1 is 1.56 bits per heavy atom. The number of hydrogen-bond donors (Lipinski definition) is 2. The van der Waals surface area contributed by atoms with Crippen molar-refractivity contribution in [1.82, 2.24) is 9.97 Å². The summed E-state index contributed by atoms with van der Waals surface area (Å²) in [5.41, 5.74) is 6.26. The number of nitrogens with zero attached hydrogens (tertiary/aromatic N) is 2. The summed E-state index contributed by atoms with van der Waals surface area (Å²) in [5.74, 6) is -0.301. The highest BCUT2D eigenvalue weighted by molar-refractivity contribution is 7.09. The van der Waals surface area contributed by atoms with Crippen LogP contribution in [-0.4, -0.2) is 22.4 Å². The molecule has 0 aliphatic heterocycles. The summed E-state index contributed by atoms with van der Waals surface area (Å²) in [4.78, 5) is 20.0. The van der Waals surface area contributed by atoms with E-state index in [0.717, 1.165) is 5.01 Å². The first-order valence-corrected chi connectivity index (χ1v) is 6.53. The molecule has 94 valence electrons. The number of halogens is 1. The monoisotopic (exact) mass is 282 g/mol. The Labute approximate surface area is 113 Å². The predicted molar refractivity (Wildman–Crippen MR) is 72.1 cm³/mol. The lowest BCUT2D eigenvalue weighted by Gasteiger charge is -2.03. The van der Waals surface area contributed by atoms with Gasteiger partial charge in [0.05, 0.1) is 10.7 Å². The smallest absolute Gasteiger partial charge is 0.275 e. The normalized spacial score (nSPS) is 10.3. The largest absolute Gasteiger partial charge is 0.330 e. The van der Waals surface area contributed by atoms with Gasteiger partial charge in [-0.3, -0.25) is 4.79 Å². The number of carbonyl (C=O) groups excluding carboxylic acids is 1. The van der Waals surface area contributed by atoms with E-state index >= 15 is 0 Å². The molecule has 18 heavy (non-hydrogen) atoms. The fraction of sp³-hybridized carbons (Fsp3) is 0.182. The lowest BCUT2D eigenvalue weighted by molar-refractivity contribution is 0.102. The third kappa shape index (κ3) is 3.04. The number of nitrogens with one attached hydrogen (secondary N) is 1. The Morgan fingerprint density at radius 2 is 2.39 bits per heavy atom. The average molecular weight is 283 g/mol. The molecular formula is C11H11ClN4OS. The molecule has 0 saturated carbocycles. The van der Waals surface area contributed by atoms with Crippen molar-refractivity contribution in [1.29, 1.82) is 0 Å². The molecule has 3 N–H and O–H groups in total. The van der Waals surface area contributed by atoms with Gasteiger partial charge >= 0.3 is 0 Å². The lowest BCUT2D eigenvalue weighted by atomic mass is 10.4. The molecule has 0 bridgehead atoms. The van der Waals surface area contributed by atoms with Gasteiger partial charge in [-0.2, -0.15) is 0 Å². The summed E-state index contributed by atoms with van der Waals surface area (Å²) in [7, 11) is 0. The zero-order chi connectivity index (χ0) is 13.0. The van der Waals surface area contributed by atoms with Crippen LogP contribution in [0.15, 0.2) is 23.7 Å². The highest BCUT2D eigenvalue weighted by atomic mass is 35.5. The minimum Gasteiger partial charge on any atom is -0.330 e. The van der Waals surface area contributed by atoms with Crippen LogP contribution in [-0.2, 0) is 6.42 Å². The quantitative estimate of drug-likeness (QED) is 0.840. The molecule has 0 spiro atoms. The first kappa shape index (κ1) is 12.9. The summed E-state index contributed by atoms with van der Waals surface area (Å²) in [6.07, 6.45) is 2.23. The van der Waals surface area contributed by atoms with Crippen molar-refractivity contribution < 1.29 is 4.79 Å². The Kier molecular flexibility index (Phi) is 4.24. The first-order chi connectivity index (χ1) is 8.70. The van der Waals surface area contributed by atoms with Gasteiger partial charge in [-0.25, -0.2) is 9.97 Å². The van der Waals surface area contributed by atoms with Crippen LogP contribution in [0.5, 0.6) is 0 Å². The second kappa shape index (κ2) is 5.90. The third-order valence-electron chi connectivity index (χ3n) is 2.15. The lowest BCUT2D eigenvalue weighted by Crippen LogP contribution is -2.13. The number of rotatable bonds is 4. The molecule has 2 heterocycles. The molecule has 5 nitrogen and oxygen atoms in total. The topological polar surface area (TPSA) is 80.9 Å². The van der Waals surface area contributed by atoms with Gasteiger partial charge in [0.1, 0.15) is 5.69 Å². The van der Waals surface area contributed by atoms with Crippen LogP contribution in [0.25, 0.3) is 0 Å². The Morgan fingerprint density at radius 3 is 3.11 bits per heavy atom. The summed E-state index contributed by atoms with van der Waals surface area (Å²) in [6, 6.07) is 3.38. The Hall–Kier alpha value is -1.50. The molecule has 0 atom stereocenters. The number of hydrogen-bond acceptors (Lipinski definition) is 5. The molecule has 0 unspecified atom stereocenters. The number of aromatic nitrogens is 2. The molecule has 0 aliphatic rings. The van der Waals surface area contributed by atoms with Crippen LogP contribution < -0.4 is 11.1 Å². The van der Waals surface area contributed by atoms with E-state index in [1.165, 1.54) is 11.3 Å². The summed E-state index contributed by atoms with van der Waals surface area (Å²) in [6.45, 7) is 0.517. The molecule has 0 aliphatic carbocycles. The molecule has 1 amide bonds. The highest BCUT2D eigenvalue weighted by Gasteiger charge is 2.12. The zero-order valence-electron chi connectivity index (χ0n) is 9.39. The van der Waals surface area contributed by atoms with Crippen LogP contribution in [0.2, 0.25) is 5.15 Å². The van der Waals surface area contributed by atoms with Crippen LogP contribution in [0.3, 0.4) is 0 Å². The van der Waals surface area contributed by atoms with E-state index in [1.54, 1.807) is 23.7 Å². The first-order valence-electron chi connectivity index (χ1n) is 5.27. The maximum absolute atomic E-state index is 11.9. The van der Waals surface area contributed by atoms with Gasteiger partial charge < -0.3 is 11.1 Å². The molecule has 0 aromatic carbocycles. The average Bonchev–Trinajstić information content (AvgIpc) is 2.81. The van der Waals surface area contributed by atoms with Gasteiger partial charge in [0.2, 0.25) is 0 Å². The summed E-state index contributed by atoms with van der Waals surface area (Å²) in [5, 5.41) is 5.46. The number of nitrogens with two attached hydrogens (primary N) is 1. The van der Waals surface area contributed by atoms with Crippen LogP contribution in [0.4, 0.5) is 5.69 Å². The van der Waals surface area contributed by atoms with Gasteiger partial charge in [-0.05, 0) is 18.7 Å². The molecule has 0 radical (unpaired) electrons. The van der Waals surface area contributed by atoms with Crippen molar-refractivity contribution in [3.8, 4) is 0 Å². The van der Waals surface area contributed by atoms with Crippen LogP contribution in [0.1, 0.15) is 15.5 Å². The molecule has 2 aromatic heterocycles.